The Labute approximate surface area is 123 Å². The molecule has 7 heteroatoms. The first kappa shape index (κ1) is 13.6. The fraction of sp³-hybridized carbons (Fsp3) is 0.214. The number of carbonyl (C=O) groups excluding carboxylic acids is 1. The molecule has 0 unspecified atom stereocenters. The quantitative estimate of drug-likeness (QED) is 0.551. The minimum Gasteiger partial charge on any atom is -0.465 e. The SMILES string of the molecule is COC(=O)c1c(C)nc(C)c2c(=O)n(O)c3sccc3c12. The monoisotopic (exact) mass is 304 g/mol. The van der Waals surface area contributed by atoms with Crippen LogP contribution < -0.4 is 5.56 Å². The van der Waals surface area contributed by atoms with Crippen LogP contribution in [0.2, 0.25) is 0 Å². The Balaban J connectivity index is 2.72. The Morgan fingerprint density at radius 1 is 1.33 bits per heavy atom. The van der Waals surface area contributed by atoms with Crippen LogP contribution in [-0.4, -0.2) is 28.0 Å². The highest BCUT2D eigenvalue weighted by atomic mass is 32.1. The van der Waals surface area contributed by atoms with Gasteiger partial charge in [0, 0.05) is 10.8 Å². The van der Waals surface area contributed by atoms with Crippen molar-refractivity contribution >= 4 is 38.3 Å². The minimum atomic E-state index is -0.588. The van der Waals surface area contributed by atoms with E-state index in [4.69, 9.17) is 4.74 Å². The van der Waals surface area contributed by atoms with Gasteiger partial charge in [0.15, 0.2) is 0 Å². The number of hydrogen-bond donors (Lipinski definition) is 1. The third-order valence-corrected chi connectivity index (χ3v) is 4.35. The van der Waals surface area contributed by atoms with Gasteiger partial charge in [-0.3, -0.25) is 9.78 Å². The van der Waals surface area contributed by atoms with E-state index in [1.807, 2.05) is 0 Å². The molecule has 0 radical (unpaired) electrons. The Morgan fingerprint density at radius 2 is 2.05 bits per heavy atom. The molecule has 0 saturated carbocycles. The number of esters is 1. The number of nitrogens with zero attached hydrogens (tertiary/aromatic N) is 2. The molecule has 0 aliphatic rings. The molecular formula is C14H12N2O4S. The number of methoxy groups -OCH3 is 1. The lowest BCUT2D eigenvalue weighted by Gasteiger charge is -2.12. The van der Waals surface area contributed by atoms with E-state index >= 15 is 0 Å². The van der Waals surface area contributed by atoms with Gasteiger partial charge in [-0.2, -0.15) is 0 Å². The number of thiophene rings is 1. The molecule has 0 bridgehead atoms. The number of pyridine rings is 2. The second-order valence-electron chi connectivity index (χ2n) is 4.66. The molecule has 0 fully saturated rings. The first-order valence-corrected chi connectivity index (χ1v) is 7.06. The number of aromatic nitrogens is 2. The standard InChI is InChI=1S/C14H12N2O4S/c1-6-9-11(10(7(2)15-6)14(18)20-3)8-4-5-21-13(8)16(19)12(9)17/h4-5,19H,1-3H3. The molecule has 0 aromatic carbocycles. The molecule has 108 valence electrons. The first-order chi connectivity index (χ1) is 9.97. The summed E-state index contributed by atoms with van der Waals surface area (Å²) in [5.74, 6) is -0.549. The first-order valence-electron chi connectivity index (χ1n) is 6.18. The maximum absolute atomic E-state index is 12.4. The number of fused-ring (bicyclic) bond motifs is 3. The number of rotatable bonds is 1. The number of ether oxygens (including phenoxy) is 1. The Kier molecular flexibility index (Phi) is 2.94. The second kappa shape index (κ2) is 4.56. The molecule has 0 amide bonds. The van der Waals surface area contributed by atoms with E-state index in [9.17, 15) is 14.8 Å². The van der Waals surface area contributed by atoms with Crippen LogP contribution in [0.1, 0.15) is 21.7 Å². The van der Waals surface area contributed by atoms with Crippen LogP contribution in [0.3, 0.4) is 0 Å². The molecule has 0 aliphatic heterocycles. The summed E-state index contributed by atoms with van der Waals surface area (Å²) in [4.78, 5) is 29.1. The molecule has 0 aliphatic carbocycles. The fourth-order valence-electron chi connectivity index (χ4n) is 2.59. The Hall–Kier alpha value is -2.41. The van der Waals surface area contributed by atoms with Gasteiger partial charge in [-0.1, -0.05) is 0 Å². The zero-order valence-corrected chi connectivity index (χ0v) is 12.4. The van der Waals surface area contributed by atoms with Crippen molar-refractivity contribution in [3.8, 4) is 0 Å². The predicted octanol–water partition coefficient (Wildman–Crippen LogP) is 2.25. The summed E-state index contributed by atoms with van der Waals surface area (Å²) in [6.45, 7) is 3.37. The fourth-order valence-corrected chi connectivity index (χ4v) is 3.40. The van der Waals surface area contributed by atoms with Crippen molar-refractivity contribution in [2.24, 2.45) is 0 Å². The highest BCUT2D eigenvalue weighted by Crippen LogP contribution is 2.31. The van der Waals surface area contributed by atoms with E-state index in [0.717, 1.165) is 0 Å². The van der Waals surface area contributed by atoms with Crippen molar-refractivity contribution in [2.75, 3.05) is 7.11 Å². The second-order valence-corrected chi connectivity index (χ2v) is 5.55. The maximum atomic E-state index is 12.4. The van der Waals surface area contributed by atoms with Gasteiger partial charge >= 0.3 is 5.97 Å². The molecule has 21 heavy (non-hydrogen) atoms. The van der Waals surface area contributed by atoms with Crippen molar-refractivity contribution in [1.82, 2.24) is 9.71 Å². The largest absolute Gasteiger partial charge is 0.465 e. The molecule has 3 aromatic heterocycles. The van der Waals surface area contributed by atoms with Gasteiger partial charge < -0.3 is 9.94 Å². The van der Waals surface area contributed by atoms with E-state index in [1.165, 1.54) is 18.4 Å². The summed E-state index contributed by atoms with van der Waals surface area (Å²) >= 11 is 1.22. The van der Waals surface area contributed by atoms with Gasteiger partial charge in [-0.25, -0.2) is 4.79 Å². The van der Waals surface area contributed by atoms with Crippen LogP contribution in [-0.2, 0) is 4.74 Å². The van der Waals surface area contributed by atoms with Gasteiger partial charge in [-0.15, -0.1) is 16.1 Å². The van der Waals surface area contributed by atoms with E-state index in [2.05, 4.69) is 4.98 Å². The predicted molar refractivity (Wildman–Crippen MR) is 79.4 cm³/mol. The molecule has 6 nitrogen and oxygen atoms in total. The van der Waals surface area contributed by atoms with Crippen LogP contribution >= 0.6 is 11.3 Å². The lowest BCUT2D eigenvalue weighted by atomic mass is 10.0. The van der Waals surface area contributed by atoms with Gasteiger partial charge in [0.25, 0.3) is 5.56 Å². The molecule has 3 aromatic rings. The molecule has 0 spiro atoms. The van der Waals surface area contributed by atoms with E-state index < -0.39 is 11.5 Å². The van der Waals surface area contributed by atoms with Crippen molar-refractivity contribution in [2.45, 2.75) is 13.8 Å². The zero-order valence-electron chi connectivity index (χ0n) is 11.6. The van der Waals surface area contributed by atoms with Crippen LogP contribution in [0.15, 0.2) is 16.2 Å². The van der Waals surface area contributed by atoms with Gasteiger partial charge in [0.1, 0.15) is 4.83 Å². The zero-order chi connectivity index (χ0) is 15.3. The van der Waals surface area contributed by atoms with Crippen LogP contribution in [0.4, 0.5) is 0 Å². The smallest absolute Gasteiger partial charge is 0.340 e. The lowest BCUT2D eigenvalue weighted by molar-refractivity contribution is 0.0601. The molecular weight excluding hydrogens is 292 g/mol. The van der Waals surface area contributed by atoms with E-state index in [-0.39, 0.29) is 10.9 Å². The Morgan fingerprint density at radius 3 is 2.71 bits per heavy atom. The van der Waals surface area contributed by atoms with Gasteiger partial charge in [0.2, 0.25) is 0 Å². The van der Waals surface area contributed by atoms with Crippen molar-refractivity contribution in [3.63, 3.8) is 0 Å². The summed E-state index contributed by atoms with van der Waals surface area (Å²) in [7, 11) is 1.28. The molecule has 1 N–H and O–H groups in total. The Bertz CT molecular complexity index is 955. The molecule has 0 atom stereocenters. The summed E-state index contributed by atoms with van der Waals surface area (Å²) in [5.41, 5.74) is 0.639. The summed E-state index contributed by atoms with van der Waals surface area (Å²) < 4.78 is 5.42. The summed E-state index contributed by atoms with van der Waals surface area (Å²) in [6.07, 6.45) is 0. The van der Waals surface area contributed by atoms with Gasteiger partial charge in [0.05, 0.1) is 29.4 Å². The highest BCUT2D eigenvalue weighted by molar-refractivity contribution is 7.16. The third kappa shape index (κ3) is 1.74. The number of hydrogen-bond acceptors (Lipinski definition) is 6. The number of aryl methyl sites for hydroxylation is 2. The van der Waals surface area contributed by atoms with Crippen molar-refractivity contribution in [1.29, 1.82) is 0 Å². The average Bonchev–Trinajstić information content (AvgIpc) is 2.93. The normalized spacial score (nSPS) is 11.2. The van der Waals surface area contributed by atoms with E-state index in [1.54, 1.807) is 25.3 Å². The average molecular weight is 304 g/mol. The summed E-state index contributed by atoms with van der Waals surface area (Å²) in [5, 5.41) is 13.1. The minimum absolute atomic E-state index is 0.231. The van der Waals surface area contributed by atoms with Gasteiger partial charge in [-0.05, 0) is 25.3 Å². The molecule has 0 saturated heterocycles. The highest BCUT2D eigenvalue weighted by Gasteiger charge is 2.23. The maximum Gasteiger partial charge on any atom is 0.340 e. The third-order valence-electron chi connectivity index (χ3n) is 3.46. The number of carbonyl (C=O) groups is 1. The van der Waals surface area contributed by atoms with Crippen LogP contribution in [0.5, 0.6) is 0 Å². The topological polar surface area (TPSA) is 81.4 Å². The van der Waals surface area contributed by atoms with Crippen LogP contribution in [0.25, 0.3) is 21.0 Å². The van der Waals surface area contributed by atoms with Crippen molar-refractivity contribution in [3.05, 3.63) is 38.8 Å². The lowest BCUT2D eigenvalue weighted by Crippen LogP contribution is -2.21. The molecule has 3 heterocycles. The van der Waals surface area contributed by atoms with Crippen molar-refractivity contribution < 1.29 is 14.7 Å². The van der Waals surface area contributed by atoms with Crippen LogP contribution in [0, 0.1) is 13.8 Å². The molecule has 3 rings (SSSR count). The summed E-state index contributed by atoms with van der Waals surface area (Å²) in [6, 6.07) is 1.76. The van der Waals surface area contributed by atoms with E-state index in [0.29, 0.717) is 31.7 Å².